The highest BCUT2D eigenvalue weighted by molar-refractivity contribution is 5.85. The molecule has 0 aromatic rings. The van der Waals surface area contributed by atoms with Crippen molar-refractivity contribution in [1.82, 2.24) is 5.32 Å². The molecule has 0 unspecified atom stereocenters. The van der Waals surface area contributed by atoms with Crippen LogP contribution < -0.4 is 5.32 Å². The molecule has 5 heteroatoms. The van der Waals surface area contributed by atoms with Crippen LogP contribution in [0.5, 0.6) is 0 Å². The second kappa shape index (κ2) is 3.19. The van der Waals surface area contributed by atoms with Crippen LogP contribution in [0.3, 0.4) is 0 Å². The highest BCUT2D eigenvalue weighted by Gasteiger charge is 2.57. The molecule has 0 bridgehead atoms. The van der Waals surface area contributed by atoms with Gasteiger partial charge in [0, 0.05) is 0 Å². The van der Waals surface area contributed by atoms with E-state index in [0.717, 1.165) is 0 Å². The quantitative estimate of drug-likeness (QED) is 0.666. The van der Waals surface area contributed by atoms with Crippen molar-refractivity contribution in [2.75, 3.05) is 7.05 Å². The zero-order valence-corrected chi connectivity index (χ0v) is 6.98. The van der Waals surface area contributed by atoms with Crippen LogP contribution in [-0.2, 0) is 0 Å². The van der Waals surface area contributed by atoms with Crippen LogP contribution >= 0.6 is 12.4 Å². The second-order valence-electron chi connectivity index (χ2n) is 2.68. The molecule has 1 fully saturated rings. The summed E-state index contributed by atoms with van der Waals surface area (Å²) in [4.78, 5) is 0. The van der Waals surface area contributed by atoms with E-state index >= 15 is 0 Å². The van der Waals surface area contributed by atoms with E-state index in [4.69, 9.17) is 0 Å². The third-order valence-corrected chi connectivity index (χ3v) is 2.23. The first-order valence-corrected chi connectivity index (χ1v) is 3.27. The number of rotatable bonds is 1. The molecule has 0 saturated heterocycles. The molecule has 1 nitrogen and oxygen atoms in total. The minimum Gasteiger partial charge on any atom is -0.307 e. The molecule has 68 valence electrons. The minimum atomic E-state index is -4.07. The summed E-state index contributed by atoms with van der Waals surface area (Å²) >= 11 is 0. The first-order valence-electron chi connectivity index (χ1n) is 3.27. The molecule has 1 rings (SSSR count). The molecule has 0 radical (unpaired) electrons. The van der Waals surface area contributed by atoms with E-state index in [-0.39, 0.29) is 25.2 Å². The van der Waals surface area contributed by atoms with Crippen LogP contribution in [0.4, 0.5) is 13.2 Å². The Balaban J connectivity index is 0.000001000. The highest BCUT2D eigenvalue weighted by atomic mass is 35.5. The van der Waals surface area contributed by atoms with Gasteiger partial charge in [0.1, 0.15) is 5.54 Å². The van der Waals surface area contributed by atoms with Gasteiger partial charge in [-0.3, -0.25) is 0 Å². The zero-order valence-electron chi connectivity index (χ0n) is 6.16. The molecule has 0 amide bonds. The maximum absolute atomic E-state index is 12.1. The Labute approximate surface area is 69.8 Å². The summed E-state index contributed by atoms with van der Waals surface area (Å²) in [5, 5.41) is 2.33. The van der Waals surface area contributed by atoms with Gasteiger partial charge >= 0.3 is 6.18 Å². The van der Waals surface area contributed by atoms with Crippen LogP contribution in [-0.4, -0.2) is 18.8 Å². The molecule has 0 heterocycles. The van der Waals surface area contributed by atoms with Gasteiger partial charge in [0.25, 0.3) is 0 Å². The van der Waals surface area contributed by atoms with Gasteiger partial charge in [-0.05, 0) is 26.3 Å². The Morgan fingerprint density at radius 3 is 1.73 bits per heavy atom. The van der Waals surface area contributed by atoms with Gasteiger partial charge < -0.3 is 5.32 Å². The standard InChI is InChI=1S/C6H10F3N.ClH/c1-10-5(3-2-4-5)6(7,8)9;/h10H,2-4H2,1H3;1H. The van der Waals surface area contributed by atoms with Gasteiger partial charge in [-0.2, -0.15) is 13.2 Å². The van der Waals surface area contributed by atoms with Gasteiger partial charge in [0.05, 0.1) is 0 Å². The van der Waals surface area contributed by atoms with Gasteiger partial charge in [-0.15, -0.1) is 12.4 Å². The van der Waals surface area contributed by atoms with Crippen molar-refractivity contribution in [3.05, 3.63) is 0 Å². The molecule has 1 aliphatic rings. The first kappa shape index (κ1) is 11.0. The predicted molar refractivity (Wildman–Crippen MR) is 38.9 cm³/mol. The second-order valence-corrected chi connectivity index (χ2v) is 2.68. The van der Waals surface area contributed by atoms with E-state index in [1.807, 2.05) is 0 Å². The molecular weight excluding hydrogens is 179 g/mol. The summed E-state index contributed by atoms with van der Waals surface area (Å²) in [6.45, 7) is 0. The average Bonchev–Trinajstić information content (AvgIpc) is 1.58. The van der Waals surface area contributed by atoms with E-state index in [0.29, 0.717) is 6.42 Å². The lowest BCUT2D eigenvalue weighted by Gasteiger charge is -2.42. The monoisotopic (exact) mass is 189 g/mol. The molecule has 0 aromatic heterocycles. The van der Waals surface area contributed by atoms with E-state index in [9.17, 15) is 13.2 Å². The molecular formula is C6H11ClF3N. The molecule has 0 aliphatic heterocycles. The molecule has 0 aromatic carbocycles. The predicted octanol–water partition coefficient (Wildman–Crippen LogP) is 2.11. The van der Waals surface area contributed by atoms with Crippen LogP contribution in [0.25, 0.3) is 0 Å². The molecule has 1 N–H and O–H groups in total. The van der Waals surface area contributed by atoms with Crippen molar-refractivity contribution >= 4 is 12.4 Å². The van der Waals surface area contributed by atoms with Crippen molar-refractivity contribution in [3.63, 3.8) is 0 Å². The molecule has 11 heavy (non-hydrogen) atoms. The SMILES string of the molecule is CNC1(C(F)(F)F)CCC1.Cl. The fourth-order valence-electron chi connectivity index (χ4n) is 1.21. The van der Waals surface area contributed by atoms with Crippen LogP contribution in [0, 0.1) is 0 Å². The average molecular weight is 190 g/mol. The lowest BCUT2D eigenvalue weighted by atomic mass is 9.76. The fourth-order valence-corrected chi connectivity index (χ4v) is 1.21. The summed E-state index contributed by atoms with van der Waals surface area (Å²) in [5.74, 6) is 0. The van der Waals surface area contributed by atoms with Gasteiger partial charge in [0.15, 0.2) is 0 Å². The Morgan fingerprint density at radius 2 is 1.73 bits per heavy atom. The molecule has 0 spiro atoms. The van der Waals surface area contributed by atoms with Crippen LogP contribution in [0.1, 0.15) is 19.3 Å². The molecule has 1 aliphatic carbocycles. The van der Waals surface area contributed by atoms with Crippen molar-refractivity contribution < 1.29 is 13.2 Å². The maximum atomic E-state index is 12.1. The lowest BCUT2D eigenvalue weighted by Crippen LogP contribution is -2.60. The summed E-state index contributed by atoms with van der Waals surface area (Å²) in [6, 6.07) is 0. The maximum Gasteiger partial charge on any atom is 0.406 e. The number of halogens is 4. The number of hydrogen-bond acceptors (Lipinski definition) is 1. The first-order chi connectivity index (χ1) is 4.52. The largest absolute Gasteiger partial charge is 0.406 e. The molecule has 0 atom stereocenters. The number of hydrogen-bond donors (Lipinski definition) is 1. The summed E-state index contributed by atoms with van der Waals surface area (Å²) < 4.78 is 36.3. The number of alkyl halides is 3. The van der Waals surface area contributed by atoms with Gasteiger partial charge in [-0.1, -0.05) is 0 Å². The van der Waals surface area contributed by atoms with Gasteiger partial charge in [-0.25, -0.2) is 0 Å². The summed E-state index contributed by atoms with van der Waals surface area (Å²) in [7, 11) is 1.37. The smallest absolute Gasteiger partial charge is 0.307 e. The van der Waals surface area contributed by atoms with Crippen molar-refractivity contribution in [3.8, 4) is 0 Å². The third-order valence-electron chi connectivity index (χ3n) is 2.23. The zero-order chi connectivity index (χ0) is 7.83. The van der Waals surface area contributed by atoms with E-state index in [1.165, 1.54) is 7.05 Å². The van der Waals surface area contributed by atoms with E-state index in [2.05, 4.69) is 5.32 Å². The van der Waals surface area contributed by atoms with E-state index < -0.39 is 11.7 Å². The van der Waals surface area contributed by atoms with E-state index in [1.54, 1.807) is 0 Å². The summed E-state index contributed by atoms with van der Waals surface area (Å²) in [5.41, 5.74) is -1.55. The Hall–Kier alpha value is 0.0400. The fraction of sp³-hybridized carbons (Fsp3) is 1.00. The lowest BCUT2D eigenvalue weighted by molar-refractivity contribution is -0.217. The third kappa shape index (κ3) is 1.62. The van der Waals surface area contributed by atoms with Crippen molar-refractivity contribution in [2.24, 2.45) is 0 Å². The van der Waals surface area contributed by atoms with Gasteiger partial charge in [0.2, 0.25) is 0 Å². The van der Waals surface area contributed by atoms with Crippen molar-refractivity contribution in [2.45, 2.75) is 31.0 Å². The van der Waals surface area contributed by atoms with Crippen LogP contribution in [0.15, 0.2) is 0 Å². The molecule has 1 saturated carbocycles. The van der Waals surface area contributed by atoms with Crippen molar-refractivity contribution in [1.29, 1.82) is 0 Å². The Kier molecular flexibility index (Phi) is 3.20. The minimum absolute atomic E-state index is 0. The number of nitrogens with one attached hydrogen (secondary N) is 1. The normalized spacial score (nSPS) is 21.8. The highest BCUT2D eigenvalue weighted by Crippen LogP contribution is 2.44. The summed E-state index contributed by atoms with van der Waals surface area (Å²) in [6.07, 6.45) is -2.93. The Morgan fingerprint density at radius 1 is 1.27 bits per heavy atom. The van der Waals surface area contributed by atoms with Crippen LogP contribution in [0.2, 0.25) is 0 Å². The topological polar surface area (TPSA) is 12.0 Å². The Bertz CT molecular complexity index is 125.